The van der Waals surface area contributed by atoms with Gasteiger partial charge in [0.2, 0.25) is 0 Å². The zero-order valence-electron chi connectivity index (χ0n) is 13.2. The Bertz CT molecular complexity index is 538. The number of aryl methyl sites for hydroxylation is 1. The Morgan fingerprint density at radius 2 is 1.62 bits per heavy atom. The average molecular weight is 283 g/mol. The second-order valence-corrected chi connectivity index (χ2v) is 5.20. The summed E-state index contributed by atoms with van der Waals surface area (Å²) in [6.07, 6.45) is 2.06. The zero-order valence-corrected chi connectivity index (χ0v) is 13.2. The molecule has 2 rings (SSSR count). The number of nitrogens with one attached hydrogen (secondary N) is 1. The SMILES string of the molecule is CCc1ccccc1OC(CC)C(NC)c1ccccc1. The molecule has 21 heavy (non-hydrogen) atoms. The third-order valence-corrected chi connectivity index (χ3v) is 3.88. The van der Waals surface area contributed by atoms with E-state index in [0.717, 1.165) is 18.6 Å². The molecule has 0 aliphatic carbocycles. The molecule has 0 spiro atoms. The number of rotatable bonds is 7. The molecule has 0 aromatic heterocycles. The van der Waals surface area contributed by atoms with Gasteiger partial charge in [-0.2, -0.15) is 0 Å². The van der Waals surface area contributed by atoms with E-state index in [2.05, 4.69) is 61.6 Å². The topological polar surface area (TPSA) is 21.3 Å². The van der Waals surface area contributed by atoms with Crippen LogP contribution in [-0.2, 0) is 6.42 Å². The molecule has 2 heteroatoms. The van der Waals surface area contributed by atoms with Crippen LogP contribution in [-0.4, -0.2) is 13.2 Å². The van der Waals surface area contributed by atoms with E-state index in [4.69, 9.17) is 4.74 Å². The molecule has 0 aliphatic rings. The van der Waals surface area contributed by atoms with Gasteiger partial charge >= 0.3 is 0 Å². The Labute approximate surface area is 128 Å². The molecule has 2 aromatic rings. The Morgan fingerprint density at radius 3 is 2.24 bits per heavy atom. The quantitative estimate of drug-likeness (QED) is 0.815. The molecule has 0 saturated carbocycles. The second kappa shape index (κ2) is 7.84. The van der Waals surface area contributed by atoms with E-state index in [-0.39, 0.29) is 12.1 Å². The largest absolute Gasteiger partial charge is 0.488 e. The summed E-state index contributed by atoms with van der Waals surface area (Å²) in [5.74, 6) is 1.00. The molecule has 2 atom stereocenters. The molecule has 112 valence electrons. The molecule has 0 radical (unpaired) electrons. The van der Waals surface area contributed by atoms with Crippen molar-refractivity contribution in [3.63, 3.8) is 0 Å². The summed E-state index contributed by atoms with van der Waals surface area (Å²) in [4.78, 5) is 0. The van der Waals surface area contributed by atoms with Crippen molar-refractivity contribution in [2.75, 3.05) is 7.05 Å². The van der Waals surface area contributed by atoms with Crippen molar-refractivity contribution < 1.29 is 4.74 Å². The van der Waals surface area contributed by atoms with E-state index >= 15 is 0 Å². The summed E-state index contributed by atoms with van der Waals surface area (Å²) in [5.41, 5.74) is 2.53. The molecule has 0 fully saturated rings. The third-order valence-electron chi connectivity index (χ3n) is 3.88. The van der Waals surface area contributed by atoms with Gasteiger partial charge in [-0.05, 0) is 37.1 Å². The number of ether oxygens (including phenoxy) is 1. The first-order valence-corrected chi connectivity index (χ1v) is 7.76. The maximum Gasteiger partial charge on any atom is 0.122 e. The van der Waals surface area contributed by atoms with Crippen molar-refractivity contribution in [2.45, 2.75) is 38.8 Å². The normalized spacial score (nSPS) is 13.7. The first kappa shape index (κ1) is 15.6. The number of likely N-dealkylation sites (N-methyl/N-ethyl adjacent to an activating group) is 1. The molecule has 0 amide bonds. The number of benzene rings is 2. The summed E-state index contributed by atoms with van der Waals surface area (Å²) in [6, 6.07) is 19.0. The van der Waals surface area contributed by atoms with Crippen LogP contribution in [0.4, 0.5) is 0 Å². The number of para-hydroxylation sites is 1. The highest BCUT2D eigenvalue weighted by Crippen LogP contribution is 2.26. The Hall–Kier alpha value is -1.80. The minimum atomic E-state index is 0.116. The van der Waals surface area contributed by atoms with E-state index in [9.17, 15) is 0 Å². The van der Waals surface area contributed by atoms with Crippen LogP contribution in [0.3, 0.4) is 0 Å². The molecule has 1 N–H and O–H groups in total. The van der Waals surface area contributed by atoms with Crippen LogP contribution in [0.25, 0.3) is 0 Å². The Balaban J connectivity index is 2.22. The number of hydrogen-bond acceptors (Lipinski definition) is 2. The van der Waals surface area contributed by atoms with E-state index in [1.807, 2.05) is 19.2 Å². The van der Waals surface area contributed by atoms with Crippen LogP contribution in [0.2, 0.25) is 0 Å². The molecular weight excluding hydrogens is 258 g/mol. The van der Waals surface area contributed by atoms with E-state index in [1.54, 1.807) is 0 Å². The smallest absolute Gasteiger partial charge is 0.122 e. The average Bonchev–Trinajstić information content (AvgIpc) is 2.56. The van der Waals surface area contributed by atoms with Gasteiger partial charge in [-0.1, -0.05) is 62.4 Å². The fourth-order valence-corrected chi connectivity index (χ4v) is 2.69. The molecule has 0 bridgehead atoms. The van der Waals surface area contributed by atoms with Crippen LogP contribution in [0.15, 0.2) is 54.6 Å². The summed E-state index contributed by atoms with van der Waals surface area (Å²) < 4.78 is 6.33. The lowest BCUT2D eigenvalue weighted by molar-refractivity contribution is 0.151. The first-order chi connectivity index (χ1) is 10.3. The minimum absolute atomic E-state index is 0.116. The molecule has 0 saturated heterocycles. The van der Waals surface area contributed by atoms with Gasteiger partial charge in [-0.15, -0.1) is 0 Å². The molecule has 2 aromatic carbocycles. The van der Waals surface area contributed by atoms with Gasteiger partial charge in [0.1, 0.15) is 11.9 Å². The highest BCUT2D eigenvalue weighted by atomic mass is 16.5. The van der Waals surface area contributed by atoms with E-state index < -0.39 is 0 Å². The van der Waals surface area contributed by atoms with Gasteiger partial charge in [0, 0.05) is 0 Å². The lowest BCUT2D eigenvalue weighted by Crippen LogP contribution is -2.33. The van der Waals surface area contributed by atoms with Gasteiger partial charge < -0.3 is 10.1 Å². The first-order valence-electron chi connectivity index (χ1n) is 7.76. The lowest BCUT2D eigenvalue weighted by atomic mass is 9.99. The van der Waals surface area contributed by atoms with Crippen molar-refractivity contribution >= 4 is 0 Å². The highest BCUT2D eigenvalue weighted by molar-refractivity contribution is 5.33. The molecular formula is C19H25NO. The third kappa shape index (κ3) is 3.85. The highest BCUT2D eigenvalue weighted by Gasteiger charge is 2.22. The van der Waals surface area contributed by atoms with Crippen molar-refractivity contribution in [3.8, 4) is 5.75 Å². The van der Waals surface area contributed by atoms with Crippen molar-refractivity contribution in [2.24, 2.45) is 0 Å². The maximum atomic E-state index is 6.33. The van der Waals surface area contributed by atoms with Gasteiger partial charge in [0.25, 0.3) is 0 Å². The van der Waals surface area contributed by atoms with Gasteiger partial charge in [0.05, 0.1) is 6.04 Å². The van der Waals surface area contributed by atoms with Crippen molar-refractivity contribution in [1.82, 2.24) is 5.32 Å². The molecule has 0 heterocycles. The van der Waals surface area contributed by atoms with Gasteiger partial charge in [-0.25, -0.2) is 0 Å². The predicted octanol–water partition coefficient (Wildman–Crippen LogP) is 4.37. The zero-order chi connectivity index (χ0) is 15.1. The monoisotopic (exact) mass is 283 g/mol. The summed E-state index contributed by atoms with van der Waals surface area (Å²) >= 11 is 0. The minimum Gasteiger partial charge on any atom is -0.488 e. The van der Waals surface area contributed by atoms with Crippen molar-refractivity contribution in [1.29, 1.82) is 0 Å². The Morgan fingerprint density at radius 1 is 0.952 bits per heavy atom. The van der Waals surface area contributed by atoms with Crippen LogP contribution in [0.1, 0.15) is 37.4 Å². The summed E-state index contributed by atoms with van der Waals surface area (Å²) in [7, 11) is 2.00. The lowest BCUT2D eigenvalue weighted by Gasteiger charge is -2.28. The molecule has 2 unspecified atom stereocenters. The maximum absolute atomic E-state index is 6.33. The van der Waals surface area contributed by atoms with Gasteiger partial charge in [0.15, 0.2) is 0 Å². The standard InChI is InChI=1S/C19H25NO/c1-4-15-11-9-10-14-18(15)21-17(5-2)19(20-3)16-12-7-6-8-13-16/h6-14,17,19-20H,4-5H2,1-3H3. The molecule has 2 nitrogen and oxygen atoms in total. The second-order valence-electron chi connectivity index (χ2n) is 5.20. The fourth-order valence-electron chi connectivity index (χ4n) is 2.69. The van der Waals surface area contributed by atoms with Crippen molar-refractivity contribution in [3.05, 3.63) is 65.7 Å². The van der Waals surface area contributed by atoms with Crippen LogP contribution in [0, 0.1) is 0 Å². The summed E-state index contributed by atoms with van der Waals surface area (Å²) in [6.45, 7) is 4.34. The Kier molecular flexibility index (Phi) is 5.82. The predicted molar refractivity (Wildman–Crippen MR) is 88.8 cm³/mol. The van der Waals surface area contributed by atoms with E-state index in [1.165, 1.54) is 11.1 Å². The van der Waals surface area contributed by atoms with Crippen LogP contribution in [0.5, 0.6) is 5.75 Å². The number of hydrogen-bond donors (Lipinski definition) is 1. The molecule has 0 aliphatic heterocycles. The van der Waals surface area contributed by atoms with Gasteiger partial charge in [-0.3, -0.25) is 0 Å². The summed E-state index contributed by atoms with van der Waals surface area (Å²) in [5, 5.41) is 3.40. The van der Waals surface area contributed by atoms with Crippen LogP contribution < -0.4 is 10.1 Å². The van der Waals surface area contributed by atoms with E-state index in [0.29, 0.717) is 0 Å². The van der Waals surface area contributed by atoms with Crippen LogP contribution >= 0.6 is 0 Å². The fraction of sp³-hybridized carbons (Fsp3) is 0.368.